The van der Waals surface area contributed by atoms with E-state index in [0.29, 0.717) is 6.42 Å². The quantitative estimate of drug-likeness (QED) is 0.676. The molecule has 0 rings (SSSR count). The van der Waals surface area contributed by atoms with Crippen LogP contribution >= 0.6 is 0 Å². The highest BCUT2D eigenvalue weighted by molar-refractivity contribution is 5.76. The molecule has 4 heteroatoms. The van der Waals surface area contributed by atoms with Crippen LogP contribution in [0.2, 0.25) is 0 Å². The van der Waals surface area contributed by atoms with Crippen LogP contribution in [0.25, 0.3) is 0 Å². The summed E-state index contributed by atoms with van der Waals surface area (Å²) in [6.45, 7) is 8.63. The first kappa shape index (κ1) is 14.4. The first-order chi connectivity index (χ1) is 6.81. The summed E-state index contributed by atoms with van der Waals surface area (Å²) in [7, 11) is 3.99. The summed E-state index contributed by atoms with van der Waals surface area (Å²) in [6.07, 6.45) is 0.546. The smallest absolute Gasteiger partial charge is 0.221 e. The zero-order chi connectivity index (χ0) is 11.9. The third-order valence-corrected chi connectivity index (χ3v) is 1.89. The molecule has 0 aliphatic heterocycles. The first-order valence-electron chi connectivity index (χ1n) is 5.48. The first-order valence-corrected chi connectivity index (χ1v) is 5.48. The number of carbonyl (C=O) groups excluding carboxylic acids is 1. The number of rotatable bonds is 6. The van der Waals surface area contributed by atoms with Gasteiger partial charge in [-0.1, -0.05) is 0 Å². The van der Waals surface area contributed by atoms with E-state index in [2.05, 4.69) is 31.4 Å². The molecule has 0 unspecified atom stereocenters. The molecule has 0 aliphatic rings. The van der Waals surface area contributed by atoms with Crippen LogP contribution in [0.4, 0.5) is 0 Å². The Labute approximate surface area is 93.4 Å². The number of hydrogen-bond donors (Lipinski definition) is 2. The molecule has 0 spiro atoms. The van der Waals surface area contributed by atoms with Crippen LogP contribution in [-0.4, -0.2) is 50.1 Å². The summed E-state index contributed by atoms with van der Waals surface area (Å²) in [4.78, 5) is 13.4. The van der Waals surface area contributed by atoms with Crippen molar-refractivity contribution in [2.45, 2.75) is 32.7 Å². The van der Waals surface area contributed by atoms with Crippen LogP contribution in [-0.2, 0) is 4.79 Å². The van der Waals surface area contributed by atoms with Crippen molar-refractivity contribution in [1.82, 2.24) is 15.5 Å². The molecular formula is C11H25N3O. The van der Waals surface area contributed by atoms with Crippen LogP contribution in [0.15, 0.2) is 0 Å². The number of likely N-dealkylation sites (N-methyl/N-ethyl adjacent to an activating group) is 1. The van der Waals surface area contributed by atoms with Crippen molar-refractivity contribution in [2.75, 3.05) is 33.7 Å². The van der Waals surface area contributed by atoms with Gasteiger partial charge in [0.1, 0.15) is 0 Å². The third kappa shape index (κ3) is 11.3. The van der Waals surface area contributed by atoms with E-state index in [1.807, 2.05) is 19.0 Å². The highest BCUT2D eigenvalue weighted by atomic mass is 16.1. The minimum Gasteiger partial charge on any atom is -0.355 e. The molecule has 0 aromatic rings. The van der Waals surface area contributed by atoms with E-state index in [1.54, 1.807) is 0 Å². The second-order valence-electron chi connectivity index (χ2n) is 5.08. The molecule has 0 aromatic carbocycles. The number of amides is 1. The maximum atomic E-state index is 11.3. The van der Waals surface area contributed by atoms with E-state index in [9.17, 15) is 4.79 Å². The molecule has 0 bridgehead atoms. The summed E-state index contributed by atoms with van der Waals surface area (Å²) >= 11 is 0. The van der Waals surface area contributed by atoms with Gasteiger partial charge in [-0.2, -0.15) is 0 Å². The highest BCUT2D eigenvalue weighted by Crippen LogP contribution is 1.97. The van der Waals surface area contributed by atoms with Gasteiger partial charge < -0.3 is 15.5 Å². The number of carbonyl (C=O) groups is 1. The van der Waals surface area contributed by atoms with Gasteiger partial charge in [0.2, 0.25) is 5.91 Å². The molecule has 1 amide bonds. The molecule has 0 saturated carbocycles. The van der Waals surface area contributed by atoms with Gasteiger partial charge in [0, 0.05) is 31.6 Å². The average Bonchev–Trinajstić information content (AvgIpc) is 2.00. The van der Waals surface area contributed by atoms with Crippen LogP contribution < -0.4 is 10.6 Å². The minimum atomic E-state index is 0.0872. The Hall–Kier alpha value is -0.610. The lowest BCUT2D eigenvalue weighted by Crippen LogP contribution is -2.39. The van der Waals surface area contributed by atoms with Gasteiger partial charge in [0.05, 0.1) is 0 Å². The van der Waals surface area contributed by atoms with Crippen molar-refractivity contribution in [1.29, 1.82) is 0 Å². The number of nitrogens with zero attached hydrogens (tertiary/aromatic N) is 1. The largest absolute Gasteiger partial charge is 0.355 e. The molecule has 0 radical (unpaired) electrons. The van der Waals surface area contributed by atoms with E-state index in [-0.39, 0.29) is 11.4 Å². The number of nitrogens with one attached hydrogen (secondary N) is 2. The Bertz CT molecular complexity index is 185. The molecule has 0 aliphatic carbocycles. The van der Waals surface area contributed by atoms with Crippen LogP contribution in [0.1, 0.15) is 27.2 Å². The molecular weight excluding hydrogens is 190 g/mol. The minimum absolute atomic E-state index is 0.0872. The van der Waals surface area contributed by atoms with Gasteiger partial charge in [0.25, 0.3) is 0 Å². The van der Waals surface area contributed by atoms with Crippen molar-refractivity contribution in [2.24, 2.45) is 0 Å². The van der Waals surface area contributed by atoms with E-state index in [4.69, 9.17) is 0 Å². The molecule has 0 heterocycles. The van der Waals surface area contributed by atoms with E-state index in [0.717, 1.165) is 19.6 Å². The molecule has 4 nitrogen and oxygen atoms in total. The Balaban J connectivity index is 3.42. The van der Waals surface area contributed by atoms with Gasteiger partial charge in [-0.05, 0) is 34.9 Å². The molecule has 0 fully saturated rings. The fraction of sp³-hybridized carbons (Fsp3) is 0.909. The highest BCUT2D eigenvalue weighted by Gasteiger charge is 2.09. The zero-order valence-corrected chi connectivity index (χ0v) is 10.7. The molecule has 15 heavy (non-hydrogen) atoms. The summed E-state index contributed by atoms with van der Waals surface area (Å²) in [5.74, 6) is 0.119. The maximum Gasteiger partial charge on any atom is 0.221 e. The Morgan fingerprint density at radius 3 is 2.27 bits per heavy atom. The van der Waals surface area contributed by atoms with Gasteiger partial charge >= 0.3 is 0 Å². The maximum absolute atomic E-state index is 11.3. The normalized spacial score (nSPS) is 11.9. The second-order valence-corrected chi connectivity index (χ2v) is 5.08. The van der Waals surface area contributed by atoms with Crippen LogP contribution in [0.5, 0.6) is 0 Å². The van der Waals surface area contributed by atoms with Crippen LogP contribution in [0, 0.1) is 0 Å². The van der Waals surface area contributed by atoms with Crippen LogP contribution in [0.3, 0.4) is 0 Å². The fourth-order valence-electron chi connectivity index (χ4n) is 1.06. The van der Waals surface area contributed by atoms with Gasteiger partial charge in [-0.25, -0.2) is 0 Å². The van der Waals surface area contributed by atoms with Crippen molar-refractivity contribution in [3.63, 3.8) is 0 Å². The predicted octanol–water partition coefficient (Wildman–Crippen LogP) is 0.442. The molecule has 0 aromatic heterocycles. The summed E-state index contributed by atoms with van der Waals surface area (Å²) in [5.41, 5.74) is 0.0872. The zero-order valence-electron chi connectivity index (χ0n) is 10.7. The standard InChI is InChI=1S/C11H25N3O/c1-11(2,3)13-7-6-10(15)12-8-9-14(4)5/h13H,6-9H2,1-5H3,(H,12,15). The molecule has 0 saturated heterocycles. The van der Waals surface area contributed by atoms with Gasteiger partial charge in [0.15, 0.2) is 0 Å². The molecule has 90 valence electrons. The van der Waals surface area contributed by atoms with Crippen molar-refractivity contribution >= 4 is 5.91 Å². The Morgan fingerprint density at radius 1 is 1.20 bits per heavy atom. The SMILES string of the molecule is CN(C)CCNC(=O)CCNC(C)(C)C. The Morgan fingerprint density at radius 2 is 1.80 bits per heavy atom. The summed E-state index contributed by atoms with van der Waals surface area (Å²) in [5, 5.41) is 6.16. The van der Waals surface area contributed by atoms with E-state index >= 15 is 0 Å². The van der Waals surface area contributed by atoms with Crippen molar-refractivity contribution < 1.29 is 4.79 Å². The monoisotopic (exact) mass is 215 g/mol. The number of hydrogen-bond acceptors (Lipinski definition) is 3. The molecule has 0 atom stereocenters. The topological polar surface area (TPSA) is 44.4 Å². The predicted molar refractivity (Wildman–Crippen MR) is 63.9 cm³/mol. The van der Waals surface area contributed by atoms with Gasteiger partial charge in [-0.15, -0.1) is 0 Å². The lowest BCUT2D eigenvalue weighted by Gasteiger charge is -2.20. The van der Waals surface area contributed by atoms with E-state index in [1.165, 1.54) is 0 Å². The average molecular weight is 215 g/mol. The lowest BCUT2D eigenvalue weighted by molar-refractivity contribution is -0.121. The summed E-state index contributed by atoms with van der Waals surface area (Å²) < 4.78 is 0. The second kappa shape index (κ2) is 6.80. The Kier molecular flexibility index (Phi) is 6.52. The lowest BCUT2D eigenvalue weighted by atomic mass is 10.1. The molecule has 2 N–H and O–H groups in total. The van der Waals surface area contributed by atoms with Gasteiger partial charge in [-0.3, -0.25) is 4.79 Å². The van der Waals surface area contributed by atoms with Crippen molar-refractivity contribution in [3.8, 4) is 0 Å². The summed E-state index contributed by atoms with van der Waals surface area (Å²) in [6, 6.07) is 0. The van der Waals surface area contributed by atoms with E-state index < -0.39 is 0 Å². The fourth-order valence-corrected chi connectivity index (χ4v) is 1.06. The third-order valence-electron chi connectivity index (χ3n) is 1.89. The van der Waals surface area contributed by atoms with Crippen molar-refractivity contribution in [3.05, 3.63) is 0 Å².